The molecule has 0 aliphatic carbocycles. The van der Waals surface area contributed by atoms with E-state index in [1.165, 1.54) is 11.1 Å². The van der Waals surface area contributed by atoms with Gasteiger partial charge in [-0.05, 0) is 50.8 Å². The molecule has 1 N–H and O–H groups in total. The van der Waals surface area contributed by atoms with Crippen LogP contribution < -0.4 is 0 Å². The average Bonchev–Trinajstić information content (AvgIpc) is 2.45. The molecular weight excluding hydrogens is 312 g/mol. The Labute approximate surface area is 144 Å². The number of amides is 1. The monoisotopic (exact) mass is 338 g/mol. The van der Waals surface area contributed by atoms with E-state index in [9.17, 15) is 9.90 Å². The summed E-state index contributed by atoms with van der Waals surface area (Å²) < 4.78 is 0. The lowest BCUT2D eigenvalue weighted by atomic mass is 9.99. The second-order valence-electron chi connectivity index (χ2n) is 7.18. The summed E-state index contributed by atoms with van der Waals surface area (Å²) in [5, 5.41) is 9.90. The van der Waals surface area contributed by atoms with Gasteiger partial charge < -0.3 is 10.0 Å². The molecule has 0 radical (unpaired) electrons. The van der Waals surface area contributed by atoms with E-state index in [4.69, 9.17) is 11.6 Å². The van der Waals surface area contributed by atoms with E-state index in [0.717, 1.165) is 19.4 Å². The zero-order valence-electron chi connectivity index (χ0n) is 14.3. The Kier molecular flexibility index (Phi) is 6.06. The maximum Gasteiger partial charge on any atom is 0.316 e. The highest BCUT2D eigenvalue weighted by atomic mass is 35.5. The van der Waals surface area contributed by atoms with Crippen LogP contribution in [0.1, 0.15) is 37.8 Å². The SMILES string of the molecule is Cc1cccc(CN(CC(C)(C)O)C2CCN(C(=O)Cl)CC2)c1. The number of aliphatic hydroxyl groups is 1. The highest BCUT2D eigenvalue weighted by Crippen LogP contribution is 2.22. The van der Waals surface area contributed by atoms with Gasteiger partial charge in [0, 0.05) is 32.2 Å². The molecule has 5 heteroatoms. The van der Waals surface area contributed by atoms with Crippen LogP contribution >= 0.6 is 11.6 Å². The van der Waals surface area contributed by atoms with E-state index >= 15 is 0 Å². The summed E-state index contributed by atoms with van der Waals surface area (Å²) in [7, 11) is 0. The normalized spacial score (nSPS) is 16.9. The van der Waals surface area contributed by atoms with Crippen LogP contribution in [-0.2, 0) is 6.54 Å². The number of rotatable bonds is 5. The first-order chi connectivity index (χ1) is 10.7. The zero-order chi connectivity index (χ0) is 17.0. The van der Waals surface area contributed by atoms with Crippen molar-refractivity contribution in [2.45, 2.75) is 51.8 Å². The van der Waals surface area contributed by atoms with Crippen molar-refractivity contribution < 1.29 is 9.90 Å². The van der Waals surface area contributed by atoms with Gasteiger partial charge in [0.1, 0.15) is 0 Å². The molecule has 0 spiro atoms. The molecule has 1 saturated heterocycles. The fourth-order valence-corrected chi connectivity index (χ4v) is 3.43. The van der Waals surface area contributed by atoms with Gasteiger partial charge in [0.15, 0.2) is 0 Å². The molecule has 1 aromatic rings. The highest BCUT2D eigenvalue weighted by Gasteiger charge is 2.29. The molecule has 4 nitrogen and oxygen atoms in total. The van der Waals surface area contributed by atoms with Gasteiger partial charge in [-0.1, -0.05) is 29.8 Å². The van der Waals surface area contributed by atoms with Crippen molar-refractivity contribution in [1.29, 1.82) is 0 Å². The Morgan fingerprint density at radius 2 is 2.04 bits per heavy atom. The van der Waals surface area contributed by atoms with Crippen molar-refractivity contribution in [2.75, 3.05) is 19.6 Å². The minimum absolute atomic E-state index is 0.356. The Bertz CT molecular complexity index is 534. The van der Waals surface area contributed by atoms with Crippen molar-refractivity contribution in [3.8, 4) is 0 Å². The molecule has 2 rings (SSSR count). The Hall–Kier alpha value is -1.10. The Morgan fingerprint density at radius 1 is 1.39 bits per heavy atom. The fourth-order valence-electron chi connectivity index (χ4n) is 3.26. The van der Waals surface area contributed by atoms with Crippen molar-refractivity contribution in [3.05, 3.63) is 35.4 Å². The summed E-state index contributed by atoms with van der Waals surface area (Å²) in [5.41, 5.74) is 1.75. The third-order valence-corrected chi connectivity index (χ3v) is 4.53. The number of hydrogen-bond acceptors (Lipinski definition) is 3. The highest BCUT2D eigenvalue weighted by molar-refractivity contribution is 6.62. The third-order valence-electron chi connectivity index (χ3n) is 4.29. The lowest BCUT2D eigenvalue weighted by Gasteiger charge is -2.40. The third kappa shape index (κ3) is 5.79. The van der Waals surface area contributed by atoms with Crippen LogP contribution in [0.15, 0.2) is 24.3 Å². The minimum Gasteiger partial charge on any atom is -0.389 e. The van der Waals surface area contributed by atoms with Gasteiger partial charge in [-0.3, -0.25) is 9.69 Å². The van der Waals surface area contributed by atoms with Crippen molar-refractivity contribution in [2.24, 2.45) is 0 Å². The second kappa shape index (κ2) is 7.65. The first-order valence-corrected chi connectivity index (χ1v) is 8.59. The van der Waals surface area contributed by atoms with E-state index in [2.05, 4.69) is 36.1 Å². The number of likely N-dealkylation sites (tertiary alicyclic amines) is 1. The predicted octanol–water partition coefficient (Wildman–Crippen LogP) is 3.39. The van der Waals surface area contributed by atoms with Crippen LogP contribution in [-0.4, -0.2) is 51.5 Å². The maximum atomic E-state index is 11.3. The molecule has 0 bridgehead atoms. The lowest BCUT2D eigenvalue weighted by molar-refractivity contribution is 0.00640. The van der Waals surface area contributed by atoms with Gasteiger partial charge >= 0.3 is 5.37 Å². The molecule has 128 valence electrons. The summed E-state index contributed by atoms with van der Waals surface area (Å²) in [4.78, 5) is 15.3. The van der Waals surface area contributed by atoms with Crippen LogP contribution in [0, 0.1) is 6.92 Å². The number of nitrogens with zero attached hydrogens (tertiary/aromatic N) is 2. The summed E-state index contributed by atoms with van der Waals surface area (Å²) in [6.45, 7) is 8.56. The first-order valence-electron chi connectivity index (χ1n) is 8.21. The number of carbonyl (C=O) groups is 1. The van der Waals surface area contributed by atoms with E-state index in [0.29, 0.717) is 25.7 Å². The molecule has 0 saturated carbocycles. The minimum atomic E-state index is -0.747. The molecular formula is C18H27ClN2O2. The Balaban J connectivity index is 2.07. The van der Waals surface area contributed by atoms with Crippen molar-refractivity contribution in [3.63, 3.8) is 0 Å². The van der Waals surface area contributed by atoms with Crippen LogP contribution in [0.4, 0.5) is 4.79 Å². The van der Waals surface area contributed by atoms with Crippen LogP contribution in [0.2, 0.25) is 0 Å². The Morgan fingerprint density at radius 3 is 2.57 bits per heavy atom. The number of aryl methyl sites for hydroxylation is 1. The standard InChI is InChI=1S/C18H27ClN2O2/c1-14-5-4-6-15(11-14)12-21(13-18(2,3)23)16-7-9-20(10-8-16)17(19)22/h4-6,11,16,23H,7-10,12-13H2,1-3H3. The van der Waals surface area contributed by atoms with Crippen molar-refractivity contribution >= 4 is 17.0 Å². The smallest absolute Gasteiger partial charge is 0.316 e. The number of piperidine rings is 1. The van der Waals surface area contributed by atoms with E-state index in [-0.39, 0.29) is 5.37 Å². The van der Waals surface area contributed by atoms with Crippen LogP contribution in [0.25, 0.3) is 0 Å². The molecule has 1 aliphatic heterocycles. The summed E-state index contributed by atoms with van der Waals surface area (Å²) >= 11 is 5.57. The number of carbonyl (C=O) groups excluding carboxylic acids is 1. The maximum absolute atomic E-state index is 11.3. The second-order valence-corrected chi connectivity index (χ2v) is 7.50. The van der Waals surface area contributed by atoms with Gasteiger partial charge in [-0.25, -0.2) is 0 Å². The summed E-state index contributed by atoms with van der Waals surface area (Å²) in [6, 6.07) is 8.83. The van der Waals surface area contributed by atoms with Gasteiger partial charge in [0.2, 0.25) is 0 Å². The quantitative estimate of drug-likeness (QED) is 0.661. The van der Waals surface area contributed by atoms with Gasteiger partial charge in [0.25, 0.3) is 0 Å². The average molecular weight is 339 g/mol. The topological polar surface area (TPSA) is 43.8 Å². The number of hydrogen-bond donors (Lipinski definition) is 1. The van der Waals surface area contributed by atoms with E-state index in [1.807, 2.05) is 13.8 Å². The lowest BCUT2D eigenvalue weighted by Crippen LogP contribution is -2.49. The molecule has 1 aliphatic rings. The van der Waals surface area contributed by atoms with E-state index in [1.54, 1.807) is 4.90 Å². The first kappa shape index (κ1) is 18.2. The largest absolute Gasteiger partial charge is 0.389 e. The molecule has 23 heavy (non-hydrogen) atoms. The molecule has 1 heterocycles. The molecule has 0 unspecified atom stereocenters. The van der Waals surface area contributed by atoms with Gasteiger partial charge in [-0.15, -0.1) is 0 Å². The van der Waals surface area contributed by atoms with Crippen LogP contribution in [0.3, 0.4) is 0 Å². The predicted molar refractivity (Wildman–Crippen MR) is 93.7 cm³/mol. The van der Waals surface area contributed by atoms with Gasteiger partial charge in [-0.2, -0.15) is 0 Å². The summed E-state index contributed by atoms with van der Waals surface area (Å²) in [6.07, 6.45) is 1.78. The fraction of sp³-hybridized carbons (Fsp3) is 0.611. The molecule has 1 fully saturated rings. The molecule has 1 aromatic carbocycles. The zero-order valence-corrected chi connectivity index (χ0v) is 15.0. The molecule has 0 aromatic heterocycles. The van der Waals surface area contributed by atoms with Crippen molar-refractivity contribution in [1.82, 2.24) is 9.80 Å². The molecule has 0 atom stereocenters. The molecule has 1 amide bonds. The summed E-state index contributed by atoms with van der Waals surface area (Å²) in [5.74, 6) is 0. The van der Waals surface area contributed by atoms with Crippen LogP contribution in [0.5, 0.6) is 0 Å². The number of halogens is 1. The number of benzene rings is 1. The van der Waals surface area contributed by atoms with Gasteiger partial charge in [0.05, 0.1) is 5.60 Å². The van der Waals surface area contributed by atoms with E-state index < -0.39 is 5.60 Å².